The second-order valence-electron chi connectivity index (χ2n) is 5.87. The van der Waals surface area contributed by atoms with Gasteiger partial charge in [0.1, 0.15) is 6.79 Å². The Balaban J connectivity index is 1.84. The van der Waals surface area contributed by atoms with Crippen molar-refractivity contribution < 1.29 is 19.4 Å². The Morgan fingerprint density at radius 3 is 2.48 bits per heavy atom. The molecule has 23 heavy (non-hydrogen) atoms. The van der Waals surface area contributed by atoms with Crippen LogP contribution in [0.2, 0.25) is 0 Å². The van der Waals surface area contributed by atoms with E-state index >= 15 is 0 Å². The van der Waals surface area contributed by atoms with Gasteiger partial charge in [-0.2, -0.15) is 0 Å². The van der Waals surface area contributed by atoms with Gasteiger partial charge >= 0.3 is 5.97 Å². The summed E-state index contributed by atoms with van der Waals surface area (Å²) in [6.45, 7) is 0.208. The molecule has 1 aliphatic carbocycles. The molecule has 2 aromatic carbocycles. The van der Waals surface area contributed by atoms with Crippen molar-refractivity contribution in [3.05, 3.63) is 71.3 Å². The summed E-state index contributed by atoms with van der Waals surface area (Å²) in [6, 6.07) is 17.8. The van der Waals surface area contributed by atoms with E-state index in [0.29, 0.717) is 18.1 Å². The molecule has 120 valence electrons. The van der Waals surface area contributed by atoms with Crippen molar-refractivity contribution in [1.29, 1.82) is 0 Å². The van der Waals surface area contributed by atoms with Crippen LogP contribution in [0.1, 0.15) is 33.8 Å². The molecule has 0 bridgehead atoms. The van der Waals surface area contributed by atoms with Crippen LogP contribution in [0, 0.1) is 0 Å². The highest BCUT2D eigenvalue weighted by Crippen LogP contribution is 2.60. The van der Waals surface area contributed by atoms with Crippen LogP contribution in [0.4, 0.5) is 0 Å². The number of carbonyl (C=O) groups is 1. The third-order valence-electron chi connectivity index (χ3n) is 4.61. The standard InChI is InChI=1S/C19H20O4/c1-22-18(21)15-9-7-14(8-10-15)17-11-19(17,12-23-13-20)16-5-3-2-4-6-16/h2-10,17,20H,11-13H2,1H3/t17-,19+/m1/s1. The molecule has 0 heterocycles. The van der Waals surface area contributed by atoms with Crippen molar-refractivity contribution in [3.63, 3.8) is 0 Å². The number of hydrogen-bond acceptors (Lipinski definition) is 4. The summed E-state index contributed by atoms with van der Waals surface area (Å²) in [4.78, 5) is 11.5. The van der Waals surface area contributed by atoms with E-state index in [1.807, 2.05) is 30.3 Å². The lowest BCUT2D eigenvalue weighted by Gasteiger charge is -2.18. The van der Waals surface area contributed by atoms with Crippen LogP contribution in [0.25, 0.3) is 0 Å². The Hall–Kier alpha value is -2.17. The number of hydrogen-bond donors (Lipinski definition) is 1. The summed E-state index contributed by atoms with van der Waals surface area (Å²) >= 11 is 0. The first-order chi connectivity index (χ1) is 11.2. The Morgan fingerprint density at radius 2 is 1.87 bits per heavy atom. The summed E-state index contributed by atoms with van der Waals surface area (Å²) in [5.74, 6) is -0.00608. The average molecular weight is 312 g/mol. The zero-order chi connectivity index (χ0) is 16.3. The highest BCUT2D eigenvalue weighted by atomic mass is 16.6. The van der Waals surface area contributed by atoms with Crippen molar-refractivity contribution in [1.82, 2.24) is 0 Å². The van der Waals surface area contributed by atoms with Crippen LogP contribution in [0.3, 0.4) is 0 Å². The number of aliphatic hydroxyl groups is 1. The molecule has 4 nitrogen and oxygen atoms in total. The van der Waals surface area contributed by atoms with E-state index in [1.165, 1.54) is 18.2 Å². The Kier molecular flexibility index (Phi) is 4.46. The first-order valence-corrected chi connectivity index (χ1v) is 7.63. The highest BCUT2D eigenvalue weighted by Gasteiger charge is 2.56. The van der Waals surface area contributed by atoms with E-state index in [-0.39, 0.29) is 18.2 Å². The van der Waals surface area contributed by atoms with Crippen molar-refractivity contribution in [2.45, 2.75) is 17.8 Å². The number of ether oxygens (including phenoxy) is 2. The Bertz CT molecular complexity index is 666. The molecule has 0 spiro atoms. The monoisotopic (exact) mass is 312 g/mol. The van der Waals surface area contributed by atoms with Gasteiger partial charge in [-0.25, -0.2) is 4.79 Å². The van der Waals surface area contributed by atoms with E-state index in [4.69, 9.17) is 14.6 Å². The van der Waals surface area contributed by atoms with Crippen LogP contribution in [0.15, 0.2) is 54.6 Å². The molecule has 0 aromatic heterocycles. The van der Waals surface area contributed by atoms with Crippen molar-refractivity contribution in [2.24, 2.45) is 0 Å². The molecule has 4 heteroatoms. The maximum atomic E-state index is 11.5. The van der Waals surface area contributed by atoms with Crippen LogP contribution >= 0.6 is 0 Å². The summed E-state index contributed by atoms with van der Waals surface area (Å²) in [7, 11) is 1.38. The second-order valence-corrected chi connectivity index (χ2v) is 5.87. The third-order valence-corrected chi connectivity index (χ3v) is 4.61. The van der Waals surface area contributed by atoms with E-state index < -0.39 is 0 Å². The van der Waals surface area contributed by atoms with E-state index in [2.05, 4.69) is 12.1 Å². The average Bonchev–Trinajstić information content (AvgIpc) is 3.36. The number of rotatable bonds is 6. The topological polar surface area (TPSA) is 55.8 Å². The minimum atomic E-state index is -0.328. The van der Waals surface area contributed by atoms with Gasteiger partial charge in [-0.05, 0) is 35.6 Å². The number of aliphatic hydroxyl groups excluding tert-OH is 1. The number of carbonyl (C=O) groups excluding carboxylic acids is 1. The zero-order valence-electron chi connectivity index (χ0n) is 13.1. The molecule has 3 rings (SSSR count). The van der Waals surface area contributed by atoms with Crippen LogP contribution in [-0.2, 0) is 14.9 Å². The van der Waals surface area contributed by atoms with Gasteiger partial charge in [-0.3, -0.25) is 0 Å². The van der Waals surface area contributed by atoms with Crippen LogP contribution in [-0.4, -0.2) is 31.6 Å². The molecule has 0 amide bonds. The van der Waals surface area contributed by atoms with Gasteiger partial charge < -0.3 is 14.6 Å². The molecule has 2 atom stereocenters. The molecular weight excluding hydrogens is 292 g/mol. The fraction of sp³-hybridized carbons (Fsp3) is 0.316. The fourth-order valence-electron chi connectivity index (χ4n) is 3.27. The van der Waals surface area contributed by atoms with Gasteiger partial charge in [0.2, 0.25) is 0 Å². The Labute approximate surface area is 135 Å². The molecule has 0 radical (unpaired) electrons. The number of benzene rings is 2. The van der Waals surface area contributed by atoms with Gasteiger partial charge in [0, 0.05) is 5.41 Å². The van der Waals surface area contributed by atoms with Crippen LogP contribution in [0.5, 0.6) is 0 Å². The van der Waals surface area contributed by atoms with Crippen molar-refractivity contribution in [3.8, 4) is 0 Å². The molecule has 0 unspecified atom stereocenters. The number of methoxy groups -OCH3 is 1. The van der Waals surface area contributed by atoms with Gasteiger partial charge in [0.25, 0.3) is 0 Å². The maximum absolute atomic E-state index is 11.5. The molecule has 1 fully saturated rings. The maximum Gasteiger partial charge on any atom is 0.337 e. The van der Waals surface area contributed by atoms with Crippen LogP contribution < -0.4 is 0 Å². The molecule has 2 aromatic rings. The minimum absolute atomic E-state index is 0.100. The zero-order valence-corrected chi connectivity index (χ0v) is 13.1. The fourth-order valence-corrected chi connectivity index (χ4v) is 3.27. The molecule has 1 saturated carbocycles. The summed E-state index contributed by atoms with van der Waals surface area (Å²) in [5.41, 5.74) is 2.84. The SMILES string of the molecule is COC(=O)c1ccc([C@H]2C[C@]2(COCO)c2ccccc2)cc1. The Morgan fingerprint density at radius 1 is 1.17 bits per heavy atom. The van der Waals surface area contributed by atoms with Gasteiger partial charge in [0.05, 0.1) is 19.3 Å². The summed E-state index contributed by atoms with van der Waals surface area (Å²) < 4.78 is 10.1. The molecular formula is C19H20O4. The summed E-state index contributed by atoms with van der Waals surface area (Å²) in [6.07, 6.45) is 0.967. The molecule has 0 saturated heterocycles. The third kappa shape index (κ3) is 3.00. The molecule has 1 aliphatic rings. The largest absolute Gasteiger partial charge is 0.465 e. The molecule has 0 aliphatic heterocycles. The smallest absolute Gasteiger partial charge is 0.337 e. The quantitative estimate of drug-likeness (QED) is 0.658. The molecule has 1 N–H and O–H groups in total. The van der Waals surface area contributed by atoms with Gasteiger partial charge in [-0.15, -0.1) is 0 Å². The van der Waals surface area contributed by atoms with Crippen molar-refractivity contribution in [2.75, 3.05) is 20.5 Å². The first kappa shape index (κ1) is 15.7. The predicted octanol–water partition coefficient (Wildman–Crippen LogP) is 2.86. The second kappa shape index (κ2) is 6.52. The lowest BCUT2D eigenvalue weighted by Crippen LogP contribution is -2.18. The normalized spacial score (nSPS) is 22.6. The van der Waals surface area contributed by atoms with Gasteiger partial charge in [0.15, 0.2) is 0 Å². The minimum Gasteiger partial charge on any atom is -0.465 e. The lowest BCUT2D eigenvalue weighted by atomic mass is 9.91. The van der Waals surface area contributed by atoms with E-state index in [0.717, 1.165) is 6.42 Å². The summed E-state index contributed by atoms with van der Waals surface area (Å²) in [5, 5.41) is 9.01. The lowest BCUT2D eigenvalue weighted by molar-refractivity contribution is -0.0120. The highest BCUT2D eigenvalue weighted by molar-refractivity contribution is 5.89. The first-order valence-electron chi connectivity index (χ1n) is 7.63. The number of esters is 1. The van der Waals surface area contributed by atoms with E-state index in [9.17, 15) is 4.79 Å². The van der Waals surface area contributed by atoms with E-state index in [1.54, 1.807) is 12.1 Å². The van der Waals surface area contributed by atoms with Gasteiger partial charge in [-0.1, -0.05) is 42.5 Å². The van der Waals surface area contributed by atoms with Crippen molar-refractivity contribution >= 4 is 5.97 Å². The predicted molar refractivity (Wildman–Crippen MR) is 86.3 cm³/mol.